The van der Waals surface area contributed by atoms with E-state index in [1.54, 1.807) is 11.1 Å². The topological polar surface area (TPSA) is 87.5 Å². The molecule has 1 aliphatic heterocycles. The van der Waals surface area contributed by atoms with Crippen LogP contribution in [0.5, 0.6) is 0 Å². The van der Waals surface area contributed by atoms with Crippen LogP contribution in [0, 0.1) is 5.92 Å². The lowest BCUT2D eigenvalue weighted by atomic mass is 10.2. The molecule has 0 saturated carbocycles. The maximum absolute atomic E-state index is 12.2. The summed E-state index contributed by atoms with van der Waals surface area (Å²) in [5.41, 5.74) is 0. The minimum Gasteiger partial charge on any atom is -0.338 e. The molecular weight excluding hydrogens is 318 g/mol. The molecular formula is C14H25N5O3S. The number of aromatic nitrogens is 2. The van der Waals surface area contributed by atoms with E-state index in [0.717, 1.165) is 6.54 Å². The van der Waals surface area contributed by atoms with Crippen molar-refractivity contribution in [3.05, 3.63) is 18.5 Å². The fraction of sp³-hybridized carbons (Fsp3) is 0.714. The third kappa shape index (κ3) is 5.51. The van der Waals surface area contributed by atoms with Crippen LogP contribution >= 0.6 is 0 Å². The van der Waals surface area contributed by atoms with Crippen molar-refractivity contribution in [3.8, 4) is 0 Å². The van der Waals surface area contributed by atoms with E-state index in [9.17, 15) is 13.2 Å². The van der Waals surface area contributed by atoms with E-state index in [2.05, 4.69) is 17.3 Å². The summed E-state index contributed by atoms with van der Waals surface area (Å²) in [4.78, 5) is 13.9. The van der Waals surface area contributed by atoms with Crippen molar-refractivity contribution in [2.45, 2.75) is 19.9 Å². The van der Waals surface area contributed by atoms with Gasteiger partial charge in [0.1, 0.15) is 0 Å². The maximum Gasteiger partial charge on any atom is 0.317 e. The normalized spacial score (nSPS) is 18.4. The highest BCUT2D eigenvalue weighted by Gasteiger charge is 2.23. The number of nitrogens with zero attached hydrogens (tertiary/aromatic N) is 4. The van der Waals surface area contributed by atoms with Gasteiger partial charge in [0.25, 0.3) is 0 Å². The lowest BCUT2D eigenvalue weighted by Crippen LogP contribution is -2.44. The number of hydrogen-bond donors (Lipinski definition) is 1. The average molecular weight is 343 g/mol. The lowest BCUT2D eigenvalue weighted by Gasteiger charge is -2.22. The number of carbonyl (C=O) groups excluding carboxylic acids is 1. The Balaban J connectivity index is 1.77. The van der Waals surface area contributed by atoms with Crippen molar-refractivity contribution in [2.24, 2.45) is 5.92 Å². The third-order valence-corrected chi connectivity index (χ3v) is 5.17. The standard InChI is InChI=1S/C14H25N5O3S/c1-13(12-18-7-3-5-16-18)11-15-14(20)17-6-4-8-19(10-9-17)23(2,21)22/h3,5,7,13H,4,6,8-12H2,1-2H3,(H,15,20)/t13-/m0/s1. The van der Waals surface area contributed by atoms with E-state index < -0.39 is 10.0 Å². The second-order valence-corrected chi connectivity index (χ2v) is 8.00. The van der Waals surface area contributed by atoms with E-state index in [-0.39, 0.29) is 11.9 Å². The van der Waals surface area contributed by atoms with Crippen LogP contribution in [0.25, 0.3) is 0 Å². The molecule has 1 aromatic heterocycles. The van der Waals surface area contributed by atoms with Gasteiger partial charge in [-0.05, 0) is 18.4 Å². The molecule has 1 aromatic rings. The maximum atomic E-state index is 12.2. The molecule has 8 nitrogen and oxygen atoms in total. The molecule has 23 heavy (non-hydrogen) atoms. The zero-order valence-electron chi connectivity index (χ0n) is 13.7. The lowest BCUT2D eigenvalue weighted by molar-refractivity contribution is 0.198. The number of urea groups is 1. The van der Waals surface area contributed by atoms with Crippen LogP contribution in [0.2, 0.25) is 0 Å². The summed E-state index contributed by atoms with van der Waals surface area (Å²) in [6.07, 6.45) is 5.49. The summed E-state index contributed by atoms with van der Waals surface area (Å²) in [5, 5.41) is 7.07. The van der Waals surface area contributed by atoms with Gasteiger partial charge in [-0.15, -0.1) is 0 Å². The molecule has 1 atom stereocenters. The Bertz CT molecular complexity index is 602. The van der Waals surface area contributed by atoms with E-state index >= 15 is 0 Å². The monoisotopic (exact) mass is 343 g/mol. The highest BCUT2D eigenvalue weighted by Crippen LogP contribution is 2.07. The molecule has 2 heterocycles. The Morgan fingerprint density at radius 2 is 2.09 bits per heavy atom. The quantitative estimate of drug-likeness (QED) is 0.827. The minimum absolute atomic E-state index is 0.132. The molecule has 2 rings (SSSR count). The fourth-order valence-corrected chi connectivity index (χ4v) is 3.47. The fourth-order valence-electron chi connectivity index (χ4n) is 2.59. The van der Waals surface area contributed by atoms with Crippen LogP contribution in [-0.2, 0) is 16.6 Å². The molecule has 0 bridgehead atoms. The summed E-state index contributed by atoms with van der Waals surface area (Å²) in [5.74, 6) is 0.262. The number of hydrogen-bond acceptors (Lipinski definition) is 4. The Labute approximate surface area is 137 Å². The molecule has 0 radical (unpaired) electrons. The molecule has 9 heteroatoms. The molecule has 0 unspecified atom stereocenters. The van der Waals surface area contributed by atoms with Crippen molar-refractivity contribution in [3.63, 3.8) is 0 Å². The van der Waals surface area contributed by atoms with Gasteiger partial charge < -0.3 is 10.2 Å². The number of carbonyl (C=O) groups is 1. The molecule has 0 aliphatic carbocycles. The van der Waals surface area contributed by atoms with Crippen LogP contribution in [-0.4, -0.2) is 72.4 Å². The first-order chi connectivity index (χ1) is 10.9. The minimum atomic E-state index is -3.19. The van der Waals surface area contributed by atoms with Gasteiger partial charge in [0.15, 0.2) is 0 Å². The molecule has 1 fully saturated rings. The Morgan fingerprint density at radius 1 is 1.30 bits per heavy atom. The Kier molecular flexibility index (Phi) is 6.00. The number of amides is 2. The van der Waals surface area contributed by atoms with Crippen LogP contribution in [0.15, 0.2) is 18.5 Å². The summed E-state index contributed by atoms with van der Waals surface area (Å²) < 4.78 is 26.4. The van der Waals surface area contributed by atoms with E-state index in [4.69, 9.17) is 0 Å². The molecule has 2 amide bonds. The molecule has 1 saturated heterocycles. The molecule has 1 N–H and O–H groups in total. The summed E-state index contributed by atoms with van der Waals surface area (Å²) >= 11 is 0. The molecule has 0 aromatic carbocycles. The van der Waals surface area contributed by atoms with Gasteiger partial charge in [-0.1, -0.05) is 6.92 Å². The first-order valence-corrected chi connectivity index (χ1v) is 9.66. The summed E-state index contributed by atoms with van der Waals surface area (Å²) in [6.45, 7) is 5.18. The van der Waals surface area contributed by atoms with Crippen molar-refractivity contribution in [2.75, 3.05) is 39.0 Å². The van der Waals surface area contributed by atoms with Gasteiger partial charge in [-0.2, -0.15) is 5.10 Å². The number of nitrogens with one attached hydrogen (secondary N) is 1. The van der Waals surface area contributed by atoms with Gasteiger partial charge in [0, 0.05) is 51.7 Å². The Morgan fingerprint density at radius 3 is 2.74 bits per heavy atom. The first-order valence-electron chi connectivity index (χ1n) is 7.81. The zero-order chi connectivity index (χ0) is 16.9. The van der Waals surface area contributed by atoms with E-state index in [1.165, 1.54) is 10.6 Å². The highest BCUT2D eigenvalue weighted by molar-refractivity contribution is 7.88. The van der Waals surface area contributed by atoms with Crippen LogP contribution < -0.4 is 5.32 Å². The largest absolute Gasteiger partial charge is 0.338 e. The molecule has 130 valence electrons. The van der Waals surface area contributed by atoms with Crippen molar-refractivity contribution < 1.29 is 13.2 Å². The Hall–Kier alpha value is -1.61. The van der Waals surface area contributed by atoms with Gasteiger partial charge in [0.2, 0.25) is 10.0 Å². The second-order valence-electron chi connectivity index (χ2n) is 6.02. The van der Waals surface area contributed by atoms with Crippen LogP contribution in [0.3, 0.4) is 0 Å². The van der Waals surface area contributed by atoms with E-state index in [0.29, 0.717) is 39.1 Å². The van der Waals surface area contributed by atoms with Crippen LogP contribution in [0.4, 0.5) is 4.79 Å². The zero-order valence-corrected chi connectivity index (χ0v) is 14.5. The summed E-state index contributed by atoms with van der Waals surface area (Å²) in [7, 11) is -3.19. The summed E-state index contributed by atoms with van der Waals surface area (Å²) in [6, 6.07) is 1.74. The highest BCUT2D eigenvalue weighted by atomic mass is 32.2. The number of sulfonamides is 1. The number of rotatable bonds is 5. The SMILES string of the molecule is C[C@@H](CNC(=O)N1CCCN(S(C)(=O)=O)CC1)Cn1cccn1. The average Bonchev–Trinajstić information content (AvgIpc) is 2.84. The van der Waals surface area contributed by atoms with Gasteiger partial charge in [-0.3, -0.25) is 4.68 Å². The van der Waals surface area contributed by atoms with Crippen molar-refractivity contribution in [1.82, 2.24) is 24.3 Å². The first kappa shape index (κ1) is 17.7. The third-order valence-electron chi connectivity index (χ3n) is 3.87. The van der Waals surface area contributed by atoms with Gasteiger partial charge >= 0.3 is 6.03 Å². The predicted octanol–water partition coefficient (Wildman–Crippen LogP) is 0.196. The predicted molar refractivity (Wildman–Crippen MR) is 87.4 cm³/mol. The second kappa shape index (κ2) is 7.78. The van der Waals surface area contributed by atoms with Crippen LogP contribution in [0.1, 0.15) is 13.3 Å². The smallest absolute Gasteiger partial charge is 0.317 e. The molecule has 1 aliphatic rings. The van der Waals surface area contributed by atoms with Gasteiger partial charge in [-0.25, -0.2) is 17.5 Å². The van der Waals surface area contributed by atoms with Crippen molar-refractivity contribution in [1.29, 1.82) is 0 Å². The van der Waals surface area contributed by atoms with Crippen molar-refractivity contribution >= 4 is 16.1 Å². The molecule has 0 spiro atoms. The van der Waals surface area contributed by atoms with E-state index in [1.807, 2.05) is 16.9 Å². The van der Waals surface area contributed by atoms with Gasteiger partial charge in [0.05, 0.1) is 6.26 Å².